The van der Waals surface area contributed by atoms with Crippen LogP contribution in [-0.2, 0) is 23.0 Å². The third-order valence-corrected chi connectivity index (χ3v) is 5.25. The molecule has 0 spiro atoms. The summed E-state index contributed by atoms with van der Waals surface area (Å²) in [5, 5.41) is 0.417. The molecule has 1 N–H and O–H groups in total. The first-order valence-corrected chi connectivity index (χ1v) is 7.66. The van der Waals surface area contributed by atoms with E-state index in [-0.39, 0.29) is 4.90 Å². The van der Waals surface area contributed by atoms with Gasteiger partial charge in [-0.1, -0.05) is 17.7 Å². The fourth-order valence-electron chi connectivity index (χ4n) is 2.17. The molecule has 0 radical (unpaired) electrons. The number of nitrogens with zero attached hydrogens (tertiary/aromatic N) is 2. The molecule has 0 bridgehead atoms. The highest BCUT2D eigenvalue weighted by molar-refractivity contribution is 7.89. The Balaban J connectivity index is 1.94. The summed E-state index contributed by atoms with van der Waals surface area (Å²) in [6.07, 6.45) is 2.22. The molecule has 2 heterocycles. The van der Waals surface area contributed by atoms with Crippen LogP contribution in [0.5, 0.6) is 0 Å². The predicted molar refractivity (Wildman–Crippen MR) is 71.3 cm³/mol. The van der Waals surface area contributed by atoms with Gasteiger partial charge in [-0.2, -0.15) is 4.31 Å². The van der Waals surface area contributed by atoms with Crippen LogP contribution in [0.25, 0.3) is 0 Å². The maximum atomic E-state index is 12.5. The molecule has 1 aromatic heterocycles. The van der Waals surface area contributed by atoms with Crippen molar-refractivity contribution in [2.24, 2.45) is 0 Å². The maximum Gasteiger partial charge on any atom is 0.243 e. The number of halogens is 1. The van der Waals surface area contributed by atoms with Crippen molar-refractivity contribution in [3.63, 3.8) is 0 Å². The van der Waals surface area contributed by atoms with Gasteiger partial charge in [0.15, 0.2) is 0 Å². The van der Waals surface area contributed by atoms with Gasteiger partial charge in [-0.25, -0.2) is 13.4 Å². The lowest BCUT2D eigenvalue weighted by molar-refractivity contribution is 0.385. The number of nitrogens with one attached hydrogen (secondary N) is 1. The van der Waals surface area contributed by atoms with Gasteiger partial charge in [0.2, 0.25) is 10.0 Å². The van der Waals surface area contributed by atoms with Gasteiger partial charge in [-0.3, -0.25) is 0 Å². The van der Waals surface area contributed by atoms with Gasteiger partial charge in [0.1, 0.15) is 0 Å². The first-order chi connectivity index (χ1) is 9.07. The zero-order valence-electron chi connectivity index (χ0n) is 10.0. The van der Waals surface area contributed by atoms with Crippen LogP contribution in [0.1, 0.15) is 11.4 Å². The minimum absolute atomic E-state index is 0.225. The molecule has 2 aromatic rings. The summed E-state index contributed by atoms with van der Waals surface area (Å²) in [6.45, 7) is 0.761. The molecule has 0 fully saturated rings. The third-order valence-electron chi connectivity index (χ3n) is 3.17. The van der Waals surface area contributed by atoms with Gasteiger partial charge < -0.3 is 4.98 Å². The first-order valence-electron chi connectivity index (χ1n) is 5.84. The predicted octanol–water partition coefficient (Wildman–Crippen LogP) is 1.81. The normalized spacial score (nSPS) is 16.3. The topological polar surface area (TPSA) is 66.1 Å². The van der Waals surface area contributed by atoms with Gasteiger partial charge >= 0.3 is 0 Å². The van der Waals surface area contributed by atoms with E-state index in [4.69, 9.17) is 11.6 Å². The monoisotopic (exact) mass is 297 g/mol. The summed E-state index contributed by atoms with van der Waals surface area (Å²) in [5.74, 6) is 0. The molecule has 0 saturated carbocycles. The number of hydrogen-bond acceptors (Lipinski definition) is 3. The third kappa shape index (κ3) is 2.27. The maximum absolute atomic E-state index is 12.5. The molecular formula is C12H12ClN3O2S. The van der Waals surface area contributed by atoms with Crippen molar-refractivity contribution < 1.29 is 8.42 Å². The van der Waals surface area contributed by atoms with E-state index in [9.17, 15) is 8.42 Å². The smallest absolute Gasteiger partial charge is 0.243 e. The summed E-state index contributed by atoms with van der Waals surface area (Å²) in [6, 6.07) is 6.33. The number of aromatic nitrogens is 2. The van der Waals surface area contributed by atoms with Crippen molar-refractivity contribution in [3.8, 4) is 0 Å². The van der Waals surface area contributed by atoms with Gasteiger partial charge in [0.05, 0.1) is 29.2 Å². The van der Waals surface area contributed by atoms with Gasteiger partial charge in [0, 0.05) is 18.0 Å². The lowest BCUT2D eigenvalue weighted by atomic mass is 10.2. The SMILES string of the molecule is O=S(=O)(c1cccc(Cl)c1)N1CCc2nc[nH]c2C1. The Labute approximate surface area is 116 Å². The molecule has 0 saturated heterocycles. The molecule has 0 amide bonds. The van der Waals surface area contributed by atoms with Crippen LogP contribution in [0.2, 0.25) is 5.02 Å². The van der Waals surface area contributed by atoms with Crippen LogP contribution in [0.3, 0.4) is 0 Å². The van der Waals surface area contributed by atoms with E-state index < -0.39 is 10.0 Å². The lowest BCUT2D eigenvalue weighted by Crippen LogP contribution is -2.36. The average Bonchev–Trinajstić information content (AvgIpc) is 2.85. The first kappa shape index (κ1) is 12.7. The number of hydrogen-bond donors (Lipinski definition) is 1. The summed E-state index contributed by atoms with van der Waals surface area (Å²) >= 11 is 5.85. The van der Waals surface area contributed by atoms with E-state index in [1.807, 2.05) is 0 Å². The molecule has 0 atom stereocenters. The number of rotatable bonds is 2. The van der Waals surface area contributed by atoms with Crippen molar-refractivity contribution in [1.82, 2.24) is 14.3 Å². The van der Waals surface area contributed by atoms with E-state index in [0.717, 1.165) is 11.4 Å². The molecule has 100 valence electrons. The zero-order valence-corrected chi connectivity index (χ0v) is 11.6. The average molecular weight is 298 g/mol. The highest BCUT2D eigenvalue weighted by Gasteiger charge is 2.29. The Bertz CT molecular complexity index is 711. The molecule has 0 aliphatic carbocycles. The minimum Gasteiger partial charge on any atom is -0.347 e. The van der Waals surface area contributed by atoms with Gasteiger partial charge in [-0.15, -0.1) is 0 Å². The van der Waals surface area contributed by atoms with Crippen molar-refractivity contribution in [1.29, 1.82) is 0 Å². The Hall–Kier alpha value is -1.37. The number of benzene rings is 1. The Kier molecular flexibility index (Phi) is 3.08. The van der Waals surface area contributed by atoms with E-state index in [1.54, 1.807) is 24.5 Å². The fourth-order valence-corrected chi connectivity index (χ4v) is 3.88. The lowest BCUT2D eigenvalue weighted by Gasteiger charge is -2.25. The molecular weight excluding hydrogens is 286 g/mol. The van der Waals surface area contributed by atoms with E-state index in [2.05, 4.69) is 9.97 Å². The standard InChI is InChI=1S/C12H12ClN3O2S/c13-9-2-1-3-10(6-9)19(17,18)16-5-4-11-12(7-16)15-8-14-11/h1-3,6,8H,4-5,7H2,(H,14,15). The van der Waals surface area contributed by atoms with E-state index in [1.165, 1.54) is 10.4 Å². The van der Waals surface area contributed by atoms with Crippen LogP contribution >= 0.6 is 11.6 Å². The summed E-state index contributed by atoms with van der Waals surface area (Å²) < 4.78 is 26.5. The van der Waals surface area contributed by atoms with Crippen molar-refractivity contribution in [2.75, 3.05) is 6.54 Å². The van der Waals surface area contributed by atoms with Crippen molar-refractivity contribution >= 4 is 21.6 Å². The van der Waals surface area contributed by atoms with Crippen LogP contribution in [0.4, 0.5) is 0 Å². The quantitative estimate of drug-likeness (QED) is 0.919. The van der Waals surface area contributed by atoms with Crippen molar-refractivity contribution in [3.05, 3.63) is 47.0 Å². The van der Waals surface area contributed by atoms with Gasteiger partial charge in [-0.05, 0) is 18.2 Å². The van der Waals surface area contributed by atoms with E-state index in [0.29, 0.717) is 24.5 Å². The van der Waals surface area contributed by atoms with Gasteiger partial charge in [0.25, 0.3) is 0 Å². The number of sulfonamides is 1. The van der Waals surface area contributed by atoms with Crippen LogP contribution < -0.4 is 0 Å². The molecule has 5 nitrogen and oxygen atoms in total. The number of fused-ring (bicyclic) bond motifs is 1. The van der Waals surface area contributed by atoms with E-state index >= 15 is 0 Å². The summed E-state index contributed by atoms with van der Waals surface area (Å²) in [4.78, 5) is 7.37. The zero-order chi connectivity index (χ0) is 13.5. The second-order valence-electron chi connectivity index (χ2n) is 4.37. The summed E-state index contributed by atoms with van der Waals surface area (Å²) in [5.41, 5.74) is 1.80. The largest absolute Gasteiger partial charge is 0.347 e. The van der Waals surface area contributed by atoms with Crippen LogP contribution in [-0.4, -0.2) is 29.2 Å². The number of aromatic amines is 1. The molecule has 1 aliphatic heterocycles. The number of imidazole rings is 1. The van der Waals surface area contributed by atoms with Crippen molar-refractivity contribution in [2.45, 2.75) is 17.9 Å². The summed E-state index contributed by atoms with van der Waals surface area (Å²) in [7, 11) is -3.50. The molecule has 7 heteroatoms. The second kappa shape index (κ2) is 4.63. The highest BCUT2D eigenvalue weighted by atomic mass is 35.5. The second-order valence-corrected chi connectivity index (χ2v) is 6.75. The molecule has 19 heavy (non-hydrogen) atoms. The highest BCUT2D eigenvalue weighted by Crippen LogP contribution is 2.24. The van der Waals surface area contributed by atoms with Crippen LogP contribution in [0, 0.1) is 0 Å². The Morgan fingerprint density at radius 3 is 3.00 bits per heavy atom. The minimum atomic E-state index is -3.50. The number of H-pyrrole nitrogens is 1. The molecule has 1 aromatic carbocycles. The molecule has 0 unspecified atom stereocenters. The molecule has 3 rings (SSSR count). The Morgan fingerprint density at radius 1 is 1.37 bits per heavy atom. The molecule has 1 aliphatic rings. The fraction of sp³-hybridized carbons (Fsp3) is 0.250. The Morgan fingerprint density at radius 2 is 2.21 bits per heavy atom. The van der Waals surface area contributed by atoms with Crippen LogP contribution in [0.15, 0.2) is 35.5 Å².